The SMILES string of the molecule is CC1=C(C(F)(F)F)OC(C)CC1. The molecule has 1 aliphatic rings. The molecule has 0 aromatic carbocycles. The van der Waals surface area contributed by atoms with Crippen molar-refractivity contribution in [1.29, 1.82) is 0 Å². The van der Waals surface area contributed by atoms with Gasteiger partial charge in [0.05, 0.1) is 6.10 Å². The number of rotatable bonds is 0. The summed E-state index contributed by atoms with van der Waals surface area (Å²) >= 11 is 0. The molecular weight excluding hydrogens is 169 g/mol. The Balaban J connectivity index is 2.85. The second-order valence-corrected chi connectivity index (χ2v) is 3.07. The van der Waals surface area contributed by atoms with Gasteiger partial charge in [-0.05, 0) is 32.3 Å². The van der Waals surface area contributed by atoms with Crippen molar-refractivity contribution in [3.8, 4) is 0 Å². The molecule has 1 rings (SSSR count). The van der Waals surface area contributed by atoms with Gasteiger partial charge in [0, 0.05) is 0 Å². The van der Waals surface area contributed by atoms with E-state index in [2.05, 4.69) is 0 Å². The minimum atomic E-state index is -4.32. The van der Waals surface area contributed by atoms with E-state index in [0.29, 0.717) is 18.4 Å². The highest BCUT2D eigenvalue weighted by atomic mass is 19.4. The van der Waals surface area contributed by atoms with E-state index in [0.717, 1.165) is 0 Å². The highest BCUT2D eigenvalue weighted by Crippen LogP contribution is 2.35. The molecule has 0 aliphatic carbocycles. The summed E-state index contributed by atoms with van der Waals surface area (Å²) in [5.41, 5.74) is 0.306. The molecule has 0 radical (unpaired) electrons. The van der Waals surface area contributed by atoms with Gasteiger partial charge in [0.15, 0.2) is 5.76 Å². The van der Waals surface area contributed by atoms with Crippen LogP contribution in [0.4, 0.5) is 13.2 Å². The standard InChI is InChI=1S/C8H11F3O/c1-5-3-4-6(2)12-7(5)8(9,10)11/h6H,3-4H2,1-2H3. The fourth-order valence-corrected chi connectivity index (χ4v) is 1.20. The van der Waals surface area contributed by atoms with Gasteiger partial charge in [-0.1, -0.05) is 0 Å². The summed E-state index contributed by atoms with van der Waals surface area (Å²) < 4.78 is 41.3. The third-order valence-corrected chi connectivity index (χ3v) is 1.89. The predicted octanol–water partition coefficient (Wildman–Crippen LogP) is 3.02. The first-order valence-corrected chi connectivity index (χ1v) is 3.85. The molecule has 12 heavy (non-hydrogen) atoms. The van der Waals surface area contributed by atoms with Gasteiger partial charge in [-0.15, -0.1) is 0 Å². The van der Waals surface area contributed by atoms with Crippen LogP contribution in [0.2, 0.25) is 0 Å². The van der Waals surface area contributed by atoms with Crippen LogP contribution in [0, 0.1) is 0 Å². The Hall–Kier alpha value is -0.670. The van der Waals surface area contributed by atoms with E-state index in [9.17, 15) is 13.2 Å². The van der Waals surface area contributed by atoms with Crippen LogP contribution >= 0.6 is 0 Å². The predicted molar refractivity (Wildman–Crippen MR) is 38.5 cm³/mol. The topological polar surface area (TPSA) is 9.23 Å². The summed E-state index contributed by atoms with van der Waals surface area (Å²) in [5, 5.41) is 0. The summed E-state index contributed by atoms with van der Waals surface area (Å²) in [6.07, 6.45) is -3.48. The number of halogens is 3. The monoisotopic (exact) mass is 180 g/mol. The van der Waals surface area contributed by atoms with E-state index in [1.807, 2.05) is 0 Å². The summed E-state index contributed by atoms with van der Waals surface area (Å²) in [7, 11) is 0. The molecule has 0 N–H and O–H groups in total. The van der Waals surface area contributed by atoms with Crippen molar-refractivity contribution in [2.45, 2.75) is 39.0 Å². The van der Waals surface area contributed by atoms with Crippen LogP contribution in [0.15, 0.2) is 11.3 Å². The van der Waals surface area contributed by atoms with Crippen molar-refractivity contribution in [2.75, 3.05) is 0 Å². The molecule has 0 fully saturated rings. The van der Waals surface area contributed by atoms with Gasteiger partial charge in [0.25, 0.3) is 0 Å². The maximum atomic E-state index is 12.2. The molecule has 1 nitrogen and oxygen atoms in total. The Labute approximate surface area is 69.2 Å². The van der Waals surface area contributed by atoms with Gasteiger partial charge < -0.3 is 4.74 Å². The minimum Gasteiger partial charge on any atom is -0.486 e. The van der Waals surface area contributed by atoms with Gasteiger partial charge in [0.1, 0.15) is 0 Å². The zero-order valence-electron chi connectivity index (χ0n) is 7.03. The Bertz CT molecular complexity index is 205. The van der Waals surface area contributed by atoms with Crippen molar-refractivity contribution in [2.24, 2.45) is 0 Å². The fraction of sp³-hybridized carbons (Fsp3) is 0.750. The third-order valence-electron chi connectivity index (χ3n) is 1.89. The molecule has 0 saturated carbocycles. The van der Waals surface area contributed by atoms with Crippen molar-refractivity contribution >= 4 is 0 Å². The molecule has 0 saturated heterocycles. The Kier molecular flexibility index (Phi) is 2.35. The van der Waals surface area contributed by atoms with Crippen LogP contribution in [0.25, 0.3) is 0 Å². The quantitative estimate of drug-likeness (QED) is 0.556. The van der Waals surface area contributed by atoms with E-state index in [-0.39, 0.29) is 6.10 Å². The van der Waals surface area contributed by atoms with Gasteiger partial charge in [0.2, 0.25) is 0 Å². The Morgan fingerprint density at radius 3 is 2.42 bits per heavy atom. The first-order valence-electron chi connectivity index (χ1n) is 3.85. The first-order chi connectivity index (χ1) is 5.41. The zero-order chi connectivity index (χ0) is 9.35. The number of hydrogen-bond acceptors (Lipinski definition) is 1. The van der Waals surface area contributed by atoms with Crippen molar-refractivity contribution < 1.29 is 17.9 Å². The number of alkyl halides is 3. The van der Waals surface area contributed by atoms with Gasteiger partial charge in [-0.3, -0.25) is 0 Å². The second-order valence-electron chi connectivity index (χ2n) is 3.07. The van der Waals surface area contributed by atoms with Gasteiger partial charge >= 0.3 is 6.18 Å². The normalized spacial score (nSPS) is 25.6. The largest absolute Gasteiger partial charge is 0.486 e. The lowest BCUT2D eigenvalue weighted by Gasteiger charge is -2.25. The number of hydrogen-bond donors (Lipinski definition) is 0. The van der Waals surface area contributed by atoms with E-state index in [4.69, 9.17) is 4.74 Å². The second kappa shape index (κ2) is 2.99. The van der Waals surface area contributed by atoms with Crippen LogP contribution < -0.4 is 0 Å². The molecule has 1 aliphatic heterocycles. The van der Waals surface area contributed by atoms with Crippen LogP contribution in [0.1, 0.15) is 26.7 Å². The average molecular weight is 180 g/mol. The zero-order valence-corrected chi connectivity index (χ0v) is 7.03. The first kappa shape index (κ1) is 9.42. The minimum absolute atomic E-state index is 0.306. The maximum absolute atomic E-state index is 12.2. The molecule has 1 heterocycles. The van der Waals surface area contributed by atoms with E-state index < -0.39 is 11.9 Å². The molecule has 1 atom stereocenters. The van der Waals surface area contributed by atoms with E-state index >= 15 is 0 Å². The van der Waals surface area contributed by atoms with Crippen LogP contribution in [0.3, 0.4) is 0 Å². The highest BCUT2D eigenvalue weighted by Gasteiger charge is 2.39. The molecule has 0 spiro atoms. The van der Waals surface area contributed by atoms with E-state index in [1.54, 1.807) is 6.92 Å². The smallest absolute Gasteiger partial charge is 0.448 e. The molecule has 70 valence electrons. The van der Waals surface area contributed by atoms with Gasteiger partial charge in [-0.2, -0.15) is 13.2 Å². The number of allylic oxidation sites excluding steroid dienone is 2. The summed E-state index contributed by atoms with van der Waals surface area (Å²) in [6.45, 7) is 3.12. The molecule has 4 heteroatoms. The summed E-state index contributed by atoms with van der Waals surface area (Å²) in [6, 6.07) is 0. The molecule has 0 bridgehead atoms. The summed E-state index contributed by atoms with van der Waals surface area (Å²) in [4.78, 5) is 0. The van der Waals surface area contributed by atoms with Gasteiger partial charge in [-0.25, -0.2) is 0 Å². The van der Waals surface area contributed by atoms with Crippen molar-refractivity contribution in [1.82, 2.24) is 0 Å². The third kappa shape index (κ3) is 1.93. The fourth-order valence-electron chi connectivity index (χ4n) is 1.20. The molecular formula is C8H11F3O. The number of ether oxygens (including phenoxy) is 1. The Morgan fingerprint density at radius 1 is 1.42 bits per heavy atom. The molecule has 0 aromatic heterocycles. The molecule has 1 unspecified atom stereocenters. The average Bonchev–Trinajstić information content (AvgIpc) is 1.92. The maximum Gasteiger partial charge on any atom is 0.448 e. The Morgan fingerprint density at radius 2 is 2.00 bits per heavy atom. The lowest BCUT2D eigenvalue weighted by Crippen LogP contribution is -2.24. The highest BCUT2D eigenvalue weighted by molar-refractivity contribution is 5.13. The molecule has 0 amide bonds. The molecule has 0 aromatic rings. The van der Waals surface area contributed by atoms with Crippen LogP contribution in [-0.2, 0) is 4.74 Å². The lowest BCUT2D eigenvalue weighted by atomic mass is 10.0. The van der Waals surface area contributed by atoms with Crippen molar-refractivity contribution in [3.05, 3.63) is 11.3 Å². The summed E-state index contributed by atoms with van der Waals surface area (Å²) in [5.74, 6) is -0.791. The van der Waals surface area contributed by atoms with Crippen LogP contribution in [-0.4, -0.2) is 12.3 Å². The van der Waals surface area contributed by atoms with Crippen LogP contribution in [0.5, 0.6) is 0 Å². The van der Waals surface area contributed by atoms with Crippen molar-refractivity contribution in [3.63, 3.8) is 0 Å². The lowest BCUT2D eigenvalue weighted by molar-refractivity contribution is -0.144. The van der Waals surface area contributed by atoms with E-state index in [1.165, 1.54) is 6.92 Å².